The lowest BCUT2D eigenvalue weighted by Gasteiger charge is -2.26. The number of amides is 2. The van der Waals surface area contributed by atoms with Crippen LogP contribution in [0.25, 0.3) is 0 Å². The van der Waals surface area contributed by atoms with E-state index >= 15 is 0 Å². The van der Waals surface area contributed by atoms with Gasteiger partial charge in [-0.05, 0) is 32.0 Å². The lowest BCUT2D eigenvalue weighted by atomic mass is 10.0. The van der Waals surface area contributed by atoms with Crippen molar-refractivity contribution in [3.63, 3.8) is 0 Å². The first-order valence-corrected chi connectivity index (χ1v) is 9.20. The number of benzene rings is 2. The van der Waals surface area contributed by atoms with Crippen LogP contribution in [-0.4, -0.2) is 35.3 Å². The van der Waals surface area contributed by atoms with Gasteiger partial charge in [0, 0.05) is 23.6 Å². The SMILES string of the molecule is CC(C)NC(=O)N(Cc1ccccc1F)CC1CC(c2cccc(F)c2)=NO1. The Balaban J connectivity index is 1.69. The molecule has 1 heterocycles. The molecule has 1 unspecified atom stereocenters. The molecule has 28 heavy (non-hydrogen) atoms. The Labute approximate surface area is 163 Å². The van der Waals surface area contributed by atoms with Crippen LogP contribution in [0.15, 0.2) is 53.7 Å². The summed E-state index contributed by atoms with van der Waals surface area (Å²) in [5, 5.41) is 6.87. The second kappa shape index (κ2) is 8.82. The van der Waals surface area contributed by atoms with Crippen LogP contribution in [-0.2, 0) is 11.4 Å². The highest BCUT2D eigenvalue weighted by molar-refractivity contribution is 6.01. The Morgan fingerprint density at radius 3 is 2.75 bits per heavy atom. The number of halogens is 2. The summed E-state index contributed by atoms with van der Waals surface area (Å²) in [4.78, 5) is 19.6. The Hall–Kier alpha value is -2.96. The van der Waals surface area contributed by atoms with Crippen molar-refractivity contribution in [1.29, 1.82) is 0 Å². The van der Waals surface area contributed by atoms with Crippen molar-refractivity contribution in [3.05, 3.63) is 71.3 Å². The molecule has 0 radical (unpaired) electrons. The Morgan fingerprint density at radius 2 is 2.04 bits per heavy atom. The molecule has 3 rings (SSSR count). The minimum absolute atomic E-state index is 0.0563. The standard InChI is InChI=1S/C21H23F2N3O2/c1-14(2)24-21(27)26(12-16-6-3-4-9-19(16)23)13-18-11-20(25-28-18)15-7-5-8-17(22)10-15/h3-10,14,18H,11-13H2,1-2H3,(H,24,27). The average Bonchev–Trinajstić information content (AvgIpc) is 3.11. The van der Waals surface area contributed by atoms with Crippen molar-refractivity contribution in [2.45, 2.75) is 39.0 Å². The van der Waals surface area contributed by atoms with Gasteiger partial charge in [0.15, 0.2) is 6.10 Å². The van der Waals surface area contributed by atoms with E-state index in [1.165, 1.54) is 23.1 Å². The summed E-state index contributed by atoms with van der Waals surface area (Å²) in [5.41, 5.74) is 1.69. The van der Waals surface area contributed by atoms with Gasteiger partial charge < -0.3 is 15.1 Å². The maximum Gasteiger partial charge on any atom is 0.318 e. The van der Waals surface area contributed by atoms with Gasteiger partial charge in [-0.3, -0.25) is 0 Å². The zero-order valence-electron chi connectivity index (χ0n) is 15.9. The van der Waals surface area contributed by atoms with Crippen LogP contribution in [0, 0.1) is 11.6 Å². The van der Waals surface area contributed by atoms with Crippen molar-refractivity contribution in [3.8, 4) is 0 Å². The zero-order valence-corrected chi connectivity index (χ0v) is 15.9. The van der Waals surface area contributed by atoms with E-state index < -0.39 is 0 Å². The molecule has 0 bridgehead atoms. The highest BCUT2D eigenvalue weighted by Gasteiger charge is 2.27. The molecule has 0 saturated heterocycles. The van der Waals surface area contributed by atoms with E-state index in [2.05, 4.69) is 10.5 Å². The number of nitrogens with one attached hydrogen (secondary N) is 1. The van der Waals surface area contributed by atoms with Gasteiger partial charge in [-0.1, -0.05) is 35.5 Å². The molecule has 0 fully saturated rings. The van der Waals surface area contributed by atoms with Gasteiger partial charge in [-0.25, -0.2) is 13.6 Å². The van der Waals surface area contributed by atoms with Crippen LogP contribution in [0.2, 0.25) is 0 Å². The Bertz CT molecular complexity index is 870. The summed E-state index contributed by atoms with van der Waals surface area (Å²) in [7, 11) is 0. The largest absolute Gasteiger partial charge is 0.390 e. The number of oxime groups is 1. The minimum atomic E-state index is -0.386. The van der Waals surface area contributed by atoms with Crippen molar-refractivity contribution >= 4 is 11.7 Å². The van der Waals surface area contributed by atoms with Crippen LogP contribution in [0.4, 0.5) is 13.6 Å². The van der Waals surface area contributed by atoms with E-state index in [0.29, 0.717) is 23.3 Å². The van der Waals surface area contributed by atoms with Gasteiger partial charge >= 0.3 is 6.03 Å². The number of carbonyl (C=O) groups excluding carboxylic acids is 1. The quantitative estimate of drug-likeness (QED) is 0.812. The van der Waals surface area contributed by atoms with E-state index in [9.17, 15) is 13.6 Å². The first kappa shape index (κ1) is 19.8. The Kier molecular flexibility index (Phi) is 6.23. The molecule has 148 valence electrons. The predicted molar refractivity (Wildman–Crippen MR) is 103 cm³/mol. The second-order valence-electron chi connectivity index (χ2n) is 7.06. The summed E-state index contributed by atoms with van der Waals surface area (Å²) in [5.74, 6) is -0.713. The van der Waals surface area contributed by atoms with Crippen LogP contribution < -0.4 is 5.32 Å². The van der Waals surface area contributed by atoms with Crippen LogP contribution in [0.3, 0.4) is 0 Å². The van der Waals surface area contributed by atoms with Crippen LogP contribution >= 0.6 is 0 Å². The molecule has 2 aromatic carbocycles. The molecule has 2 aromatic rings. The summed E-state index contributed by atoms with van der Waals surface area (Å²) in [6.07, 6.45) is 0.0505. The normalized spacial score (nSPS) is 15.9. The Morgan fingerprint density at radius 1 is 1.25 bits per heavy atom. The number of hydrogen-bond donors (Lipinski definition) is 1. The summed E-state index contributed by atoms with van der Waals surface area (Å²) in [6, 6.07) is 12.1. The minimum Gasteiger partial charge on any atom is -0.390 e. The number of nitrogens with zero attached hydrogens (tertiary/aromatic N) is 2. The summed E-state index contributed by atoms with van der Waals surface area (Å²) in [6.45, 7) is 4.06. The van der Waals surface area contributed by atoms with Gasteiger partial charge in [0.2, 0.25) is 0 Å². The van der Waals surface area contributed by atoms with E-state index in [-0.39, 0.29) is 42.9 Å². The van der Waals surface area contributed by atoms with Gasteiger partial charge in [-0.15, -0.1) is 0 Å². The monoisotopic (exact) mass is 387 g/mol. The summed E-state index contributed by atoms with van der Waals surface area (Å²) >= 11 is 0. The molecular weight excluding hydrogens is 364 g/mol. The first-order valence-electron chi connectivity index (χ1n) is 9.20. The number of rotatable bonds is 6. The van der Waals surface area contributed by atoms with Crippen LogP contribution in [0.1, 0.15) is 31.4 Å². The zero-order chi connectivity index (χ0) is 20.1. The lowest BCUT2D eigenvalue weighted by molar-refractivity contribution is 0.0584. The number of hydrogen-bond acceptors (Lipinski definition) is 3. The second-order valence-corrected chi connectivity index (χ2v) is 7.06. The maximum atomic E-state index is 14.1. The van der Waals surface area contributed by atoms with Crippen molar-refractivity contribution < 1.29 is 18.4 Å². The predicted octanol–water partition coefficient (Wildman–Crippen LogP) is 4.08. The topological polar surface area (TPSA) is 53.9 Å². The average molecular weight is 387 g/mol. The number of carbonyl (C=O) groups is 1. The first-order chi connectivity index (χ1) is 13.4. The molecule has 1 N–H and O–H groups in total. The molecule has 0 aromatic heterocycles. The van der Waals surface area contributed by atoms with Gasteiger partial charge in [0.05, 0.1) is 18.8 Å². The van der Waals surface area contributed by atoms with Gasteiger partial charge in [0.1, 0.15) is 11.6 Å². The molecule has 1 atom stereocenters. The smallest absolute Gasteiger partial charge is 0.318 e. The third-order valence-corrected chi connectivity index (χ3v) is 4.33. The molecule has 0 saturated carbocycles. The number of urea groups is 1. The van der Waals surface area contributed by atoms with E-state index in [1.54, 1.807) is 30.3 Å². The molecule has 5 nitrogen and oxygen atoms in total. The van der Waals surface area contributed by atoms with Crippen molar-refractivity contribution in [2.24, 2.45) is 5.16 Å². The molecule has 0 spiro atoms. The highest BCUT2D eigenvalue weighted by atomic mass is 19.1. The van der Waals surface area contributed by atoms with Crippen molar-refractivity contribution in [1.82, 2.24) is 10.2 Å². The third-order valence-electron chi connectivity index (χ3n) is 4.33. The van der Waals surface area contributed by atoms with E-state index in [1.807, 2.05) is 13.8 Å². The molecule has 7 heteroatoms. The summed E-state index contributed by atoms with van der Waals surface area (Å²) < 4.78 is 27.5. The molecule has 1 aliphatic rings. The molecule has 1 aliphatic heterocycles. The van der Waals surface area contributed by atoms with E-state index in [4.69, 9.17) is 4.84 Å². The van der Waals surface area contributed by atoms with Crippen LogP contribution in [0.5, 0.6) is 0 Å². The van der Waals surface area contributed by atoms with E-state index in [0.717, 1.165) is 0 Å². The fourth-order valence-electron chi connectivity index (χ4n) is 3.00. The van der Waals surface area contributed by atoms with Gasteiger partial charge in [0.25, 0.3) is 0 Å². The highest BCUT2D eigenvalue weighted by Crippen LogP contribution is 2.20. The fourth-order valence-corrected chi connectivity index (χ4v) is 3.00. The molecule has 2 amide bonds. The maximum absolute atomic E-state index is 14.1. The fraction of sp³-hybridized carbons (Fsp3) is 0.333. The lowest BCUT2D eigenvalue weighted by Crippen LogP contribution is -2.45. The van der Waals surface area contributed by atoms with Gasteiger partial charge in [-0.2, -0.15) is 0 Å². The third kappa shape index (κ3) is 5.06. The molecular formula is C21H23F2N3O2. The van der Waals surface area contributed by atoms with Crippen molar-refractivity contribution in [2.75, 3.05) is 6.54 Å². The molecule has 0 aliphatic carbocycles.